The minimum Gasteiger partial charge on any atom is -0.331 e. The molecule has 1 aromatic carbocycles. The number of hydrogen-bond donors (Lipinski definition) is 1. The maximum absolute atomic E-state index is 12.4. The number of carbonyl (C=O) groups is 1. The molecule has 2 heterocycles. The van der Waals surface area contributed by atoms with Crippen LogP contribution in [0.5, 0.6) is 0 Å². The SMILES string of the molecule is Cc1nnc(-c2cccc3c2CCC3NC(=O)N2CCCC2)s1. The summed E-state index contributed by atoms with van der Waals surface area (Å²) in [6.45, 7) is 3.74. The Labute approximate surface area is 139 Å². The smallest absolute Gasteiger partial charge is 0.317 e. The quantitative estimate of drug-likeness (QED) is 0.920. The Balaban J connectivity index is 1.58. The fourth-order valence-electron chi connectivity index (χ4n) is 3.57. The van der Waals surface area contributed by atoms with E-state index in [-0.39, 0.29) is 12.1 Å². The van der Waals surface area contributed by atoms with Gasteiger partial charge >= 0.3 is 6.03 Å². The Bertz CT molecular complexity index is 736. The predicted molar refractivity (Wildman–Crippen MR) is 90.5 cm³/mol. The van der Waals surface area contributed by atoms with Gasteiger partial charge in [0.15, 0.2) is 0 Å². The topological polar surface area (TPSA) is 58.1 Å². The third kappa shape index (κ3) is 2.72. The molecule has 2 aromatic rings. The molecule has 1 N–H and O–H groups in total. The maximum Gasteiger partial charge on any atom is 0.317 e. The lowest BCUT2D eigenvalue weighted by atomic mass is 10.0. The van der Waals surface area contributed by atoms with Crippen molar-refractivity contribution in [1.29, 1.82) is 0 Å². The molecule has 1 atom stereocenters. The van der Waals surface area contributed by atoms with Crippen molar-refractivity contribution in [3.05, 3.63) is 34.3 Å². The molecule has 1 aliphatic carbocycles. The molecule has 120 valence electrons. The predicted octanol–water partition coefficient (Wildman–Crippen LogP) is 3.31. The van der Waals surface area contributed by atoms with Crippen LogP contribution in [-0.4, -0.2) is 34.2 Å². The second kappa shape index (κ2) is 5.92. The van der Waals surface area contributed by atoms with E-state index in [1.165, 1.54) is 16.7 Å². The summed E-state index contributed by atoms with van der Waals surface area (Å²) in [4.78, 5) is 14.3. The van der Waals surface area contributed by atoms with Crippen LogP contribution in [0.1, 0.15) is 41.4 Å². The van der Waals surface area contributed by atoms with E-state index in [1.807, 2.05) is 11.8 Å². The molecule has 4 rings (SSSR count). The highest BCUT2D eigenvalue weighted by Crippen LogP contribution is 2.38. The van der Waals surface area contributed by atoms with E-state index < -0.39 is 0 Å². The number of fused-ring (bicyclic) bond motifs is 1. The first kappa shape index (κ1) is 14.6. The monoisotopic (exact) mass is 328 g/mol. The van der Waals surface area contributed by atoms with E-state index in [0.717, 1.165) is 48.8 Å². The Kier molecular flexibility index (Phi) is 3.77. The van der Waals surface area contributed by atoms with Gasteiger partial charge in [-0.3, -0.25) is 0 Å². The highest BCUT2D eigenvalue weighted by Gasteiger charge is 2.29. The van der Waals surface area contributed by atoms with Crippen molar-refractivity contribution in [2.45, 2.75) is 38.6 Å². The van der Waals surface area contributed by atoms with Crippen LogP contribution in [0, 0.1) is 6.92 Å². The lowest BCUT2D eigenvalue weighted by Gasteiger charge is -2.20. The largest absolute Gasteiger partial charge is 0.331 e. The van der Waals surface area contributed by atoms with Crippen molar-refractivity contribution in [2.75, 3.05) is 13.1 Å². The summed E-state index contributed by atoms with van der Waals surface area (Å²) >= 11 is 1.62. The zero-order chi connectivity index (χ0) is 15.8. The van der Waals surface area contributed by atoms with E-state index in [0.29, 0.717) is 0 Å². The van der Waals surface area contributed by atoms with Gasteiger partial charge in [0, 0.05) is 18.7 Å². The van der Waals surface area contributed by atoms with Crippen molar-refractivity contribution in [3.8, 4) is 10.6 Å². The van der Waals surface area contributed by atoms with E-state index in [9.17, 15) is 4.79 Å². The van der Waals surface area contributed by atoms with Crippen LogP contribution in [0.3, 0.4) is 0 Å². The highest BCUT2D eigenvalue weighted by molar-refractivity contribution is 7.14. The number of carbonyl (C=O) groups excluding carboxylic acids is 1. The summed E-state index contributed by atoms with van der Waals surface area (Å²) in [5, 5.41) is 13.6. The number of aryl methyl sites for hydroxylation is 1. The van der Waals surface area contributed by atoms with Crippen LogP contribution < -0.4 is 5.32 Å². The molecule has 1 fully saturated rings. The first-order valence-electron chi connectivity index (χ1n) is 8.20. The van der Waals surface area contributed by atoms with Crippen LogP contribution in [0.15, 0.2) is 18.2 Å². The Hall–Kier alpha value is -1.95. The summed E-state index contributed by atoms with van der Waals surface area (Å²) in [6, 6.07) is 6.51. The second-order valence-corrected chi connectivity index (χ2v) is 7.42. The van der Waals surface area contributed by atoms with Gasteiger partial charge in [0.1, 0.15) is 10.0 Å². The molecular weight excluding hydrogens is 308 g/mol. The number of likely N-dealkylation sites (tertiary alicyclic amines) is 1. The number of aromatic nitrogens is 2. The molecule has 1 saturated heterocycles. The van der Waals surface area contributed by atoms with Gasteiger partial charge in [0.2, 0.25) is 0 Å². The molecule has 1 aromatic heterocycles. The summed E-state index contributed by atoms with van der Waals surface area (Å²) < 4.78 is 0. The van der Waals surface area contributed by atoms with Crippen molar-refractivity contribution in [1.82, 2.24) is 20.4 Å². The first-order valence-corrected chi connectivity index (χ1v) is 9.02. The van der Waals surface area contributed by atoms with Crippen LogP contribution >= 0.6 is 11.3 Å². The van der Waals surface area contributed by atoms with E-state index >= 15 is 0 Å². The zero-order valence-electron chi connectivity index (χ0n) is 13.2. The molecule has 1 aliphatic heterocycles. The van der Waals surface area contributed by atoms with Gasteiger partial charge in [-0.25, -0.2) is 4.79 Å². The van der Waals surface area contributed by atoms with Crippen molar-refractivity contribution in [2.24, 2.45) is 0 Å². The van der Waals surface area contributed by atoms with Gasteiger partial charge in [-0.05, 0) is 43.7 Å². The molecule has 0 saturated carbocycles. The molecule has 23 heavy (non-hydrogen) atoms. The van der Waals surface area contributed by atoms with Gasteiger partial charge in [-0.15, -0.1) is 10.2 Å². The lowest BCUT2D eigenvalue weighted by molar-refractivity contribution is 0.204. The van der Waals surface area contributed by atoms with Crippen molar-refractivity contribution >= 4 is 17.4 Å². The molecule has 1 unspecified atom stereocenters. The van der Waals surface area contributed by atoms with Gasteiger partial charge < -0.3 is 10.2 Å². The fourth-order valence-corrected chi connectivity index (χ4v) is 4.31. The number of rotatable bonds is 2. The van der Waals surface area contributed by atoms with E-state index in [4.69, 9.17) is 0 Å². The van der Waals surface area contributed by atoms with Gasteiger partial charge in [0.05, 0.1) is 6.04 Å². The van der Waals surface area contributed by atoms with Crippen LogP contribution in [0.25, 0.3) is 10.6 Å². The van der Waals surface area contributed by atoms with Crippen molar-refractivity contribution in [3.63, 3.8) is 0 Å². The van der Waals surface area contributed by atoms with Crippen LogP contribution in [0.2, 0.25) is 0 Å². The number of nitrogens with zero attached hydrogens (tertiary/aromatic N) is 3. The molecule has 0 spiro atoms. The number of nitrogens with one attached hydrogen (secondary N) is 1. The fraction of sp³-hybridized carbons (Fsp3) is 0.471. The number of urea groups is 1. The van der Waals surface area contributed by atoms with E-state index in [2.05, 4.69) is 33.7 Å². The minimum atomic E-state index is 0.0810. The Morgan fingerprint density at radius 3 is 2.87 bits per heavy atom. The van der Waals surface area contributed by atoms with Gasteiger partial charge in [-0.1, -0.05) is 29.5 Å². The van der Waals surface area contributed by atoms with E-state index in [1.54, 1.807) is 11.3 Å². The van der Waals surface area contributed by atoms with Crippen molar-refractivity contribution < 1.29 is 4.79 Å². The standard InChI is InChI=1S/C17H20N4OS/c1-11-19-20-16(23-11)14-6-4-5-13-12(14)7-8-15(13)18-17(22)21-9-2-3-10-21/h4-6,15H,2-3,7-10H2,1H3,(H,18,22). The average Bonchev–Trinajstić information content (AvgIpc) is 3.27. The minimum absolute atomic E-state index is 0.0810. The molecule has 0 bridgehead atoms. The third-order valence-corrected chi connectivity index (χ3v) is 5.59. The van der Waals surface area contributed by atoms with Crippen LogP contribution in [-0.2, 0) is 6.42 Å². The third-order valence-electron chi connectivity index (χ3n) is 4.72. The highest BCUT2D eigenvalue weighted by atomic mass is 32.1. The molecule has 0 radical (unpaired) electrons. The average molecular weight is 328 g/mol. The summed E-state index contributed by atoms with van der Waals surface area (Å²) in [7, 11) is 0. The normalized spacial score (nSPS) is 19.9. The molecule has 2 amide bonds. The molecule has 5 nitrogen and oxygen atoms in total. The molecular formula is C17H20N4OS. The number of amides is 2. The zero-order valence-corrected chi connectivity index (χ0v) is 14.0. The first-order chi connectivity index (χ1) is 11.2. The number of benzene rings is 1. The van der Waals surface area contributed by atoms with Gasteiger partial charge in [-0.2, -0.15) is 0 Å². The summed E-state index contributed by atoms with van der Waals surface area (Å²) in [5.74, 6) is 0. The second-order valence-electron chi connectivity index (χ2n) is 6.23. The lowest BCUT2D eigenvalue weighted by Crippen LogP contribution is -2.39. The molecule has 2 aliphatic rings. The Morgan fingerprint density at radius 1 is 1.30 bits per heavy atom. The summed E-state index contributed by atoms with van der Waals surface area (Å²) in [6.07, 6.45) is 4.18. The van der Waals surface area contributed by atoms with Crippen LogP contribution in [0.4, 0.5) is 4.79 Å². The summed E-state index contributed by atoms with van der Waals surface area (Å²) in [5.41, 5.74) is 3.73. The Morgan fingerprint density at radius 2 is 2.13 bits per heavy atom. The number of hydrogen-bond acceptors (Lipinski definition) is 4. The maximum atomic E-state index is 12.4. The molecule has 6 heteroatoms. The van der Waals surface area contributed by atoms with Gasteiger partial charge in [0.25, 0.3) is 0 Å².